The topological polar surface area (TPSA) is 55.4 Å². The molecular formula is C16H19F4NO3S. The molecule has 0 fully saturated rings. The van der Waals surface area contributed by atoms with Gasteiger partial charge in [-0.05, 0) is 43.0 Å². The van der Waals surface area contributed by atoms with Crippen molar-refractivity contribution >= 4 is 23.6 Å². The van der Waals surface area contributed by atoms with E-state index in [9.17, 15) is 27.2 Å². The second-order valence-corrected chi connectivity index (χ2v) is 6.13. The quantitative estimate of drug-likeness (QED) is 0.555. The summed E-state index contributed by atoms with van der Waals surface area (Å²) < 4.78 is 56.2. The van der Waals surface area contributed by atoms with Gasteiger partial charge in [-0.15, -0.1) is 0 Å². The fraction of sp³-hybridized carbons (Fsp3) is 0.500. The minimum atomic E-state index is -4.84. The molecule has 0 saturated heterocycles. The van der Waals surface area contributed by atoms with Crippen molar-refractivity contribution in [3.05, 3.63) is 35.1 Å². The standard InChI is InChI=1S/C16H19F4NO3S/c1-3-24-15(23)13(6-7-25-2)21-14(22)9-10-4-5-12(17)11(8-10)16(18,19)20/h4-5,8,13H,3,6-7,9H2,1-2H3,(H,21,22). The summed E-state index contributed by atoms with van der Waals surface area (Å²) in [5.41, 5.74) is -1.43. The first-order valence-corrected chi connectivity index (χ1v) is 8.89. The van der Waals surface area contributed by atoms with Crippen LogP contribution in [0.5, 0.6) is 0 Å². The Balaban J connectivity index is 2.81. The number of hydrogen-bond donors (Lipinski definition) is 1. The van der Waals surface area contributed by atoms with Crippen LogP contribution in [0.3, 0.4) is 0 Å². The number of alkyl halides is 3. The van der Waals surface area contributed by atoms with Crippen LogP contribution < -0.4 is 5.32 Å². The molecule has 0 aromatic heterocycles. The van der Waals surface area contributed by atoms with Crippen LogP contribution in [0.4, 0.5) is 17.6 Å². The minimum absolute atomic E-state index is 0.00120. The maximum Gasteiger partial charge on any atom is 0.419 e. The summed E-state index contributed by atoms with van der Waals surface area (Å²) in [5, 5.41) is 2.46. The van der Waals surface area contributed by atoms with Crippen molar-refractivity contribution in [2.45, 2.75) is 32.0 Å². The zero-order chi connectivity index (χ0) is 19.0. The number of amides is 1. The average molecular weight is 381 g/mol. The van der Waals surface area contributed by atoms with E-state index in [1.165, 1.54) is 11.8 Å². The summed E-state index contributed by atoms with van der Waals surface area (Å²) in [7, 11) is 0. The van der Waals surface area contributed by atoms with Crippen molar-refractivity contribution in [2.75, 3.05) is 18.6 Å². The predicted molar refractivity (Wildman–Crippen MR) is 86.7 cm³/mol. The normalized spacial score (nSPS) is 12.6. The van der Waals surface area contributed by atoms with Gasteiger partial charge in [0.25, 0.3) is 0 Å². The second kappa shape index (κ2) is 9.65. The van der Waals surface area contributed by atoms with Crippen molar-refractivity contribution in [2.24, 2.45) is 0 Å². The Morgan fingerprint density at radius 2 is 2.00 bits per heavy atom. The molecule has 0 bridgehead atoms. The van der Waals surface area contributed by atoms with Crippen LogP contribution in [0.15, 0.2) is 18.2 Å². The highest BCUT2D eigenvalue weighted by molar-refractivity contribution is 7.98. The van der Waals surface area contributed by atoms with Gasteiger partial charge in [-0.25, -0.2) is 9.18 Å². The lowest BCUT2D eigenvalue weighted by molar-refractivity contribution is -0.147. The van der Waals surface area contributed by atoms with Gasteiger partial charge in [-0.1, -0.05) is 6.07 Å². The zero-order valence-electron chi connectivity index (χ0n) is 13.8. The van der Waals surface area contributed by atoms with Crippen molar-refractivity contribution in [3.63, 3.8) is 0 Å². The van der Waals surface area contributed by atoms with Crippen LogP contribution in [-0.4, -0.2) is 36.5 Å². The number of thioether (sulfide) groups is 1. The Morgan fingerprint density at radius 1 is 1.32 bits per heavy atom. The lowest BCUT2D eigenvalue weighted by Gasteiger charge is -2.17. The molecule has 0 radical (unpaired) electrons. The number of carbonyl (C=O) groups is 2. The second-order valence-electron chi connectivity index (χ2n) is 5.14. The van der Waals surface area contributed by atoms with Crippen LogP contribution in [-0.2, 0) is 26.9 Å². The molecule has 1 aromatic rings. The average Bonchev–Trinajstić information content (AvgIpc) is 2.52. The van der Waals surface area contributed by atoms with Gasteiger partial charge in [0.1, 0.15) is 11.9 Å². The van der Waals surface area contributed by atoms with Crippen LogP contribution in [0.25, 0.3) is 0 Å². The van der Waals surface area contributed by atoms with Crippen LogP contribution in [0.1, 0.15) is 24.5 Å². The number of hydrogen-bond acceptors (Lipinski definition) is 4. The Kier molecular flexibility index (Phi) is 8.21. The SMILES string of the molecule is CCOC(=O)C(CCSC)NC(=O)Cc1ccc(F)c(C(F)(F)F)c1. The molecule has 1 N–H and O–H groups in total. The number of ether oxygens (including phenoxy) is 1. The third-order valence-corrected chi connectivity index (χ3v) is 3.86. The molecule has 0 aliphatic carbocycles. The van der Waals surface area contributed by atoms with E-state index in [0.29, 0.717) is 24.3 Å². The fourth-order valence-electron chi connectivity index (χ4n) is 2.06. The molecule has 0 aliphatic rings. The summed E-state index contributed by atoms with van der Waals surface area (Å²) in [6, 6.07) is 1.49. The lowest BCUT2D eigenvalue weighted by Crippen LogP contribution is -2.43. The van der Waals surface area contributed by atoms with Crippen molar-refractivity contribution in [1.29, 1.82) is 0 Å². The van der Waals surface area contributed by atoms with Crippen LogP contribution in [0, 0.1) is 5.82 Å². The van der Waals surface area contributed by atoms with E-state index in [2.05, 4.69) is 5.32 Å². The van der Waals surface area contributed by atoms with E-state index in [-0.39, 0.29) is 12.2 Å². The molecule has 1 aromatic carbocycles. The number of rotatable bonds is 8. The Labute approximate surface area is 147 Å². The molecule has 140 valence electrons. The van der Waals surface area contributed by atoms with E-state index in [1.807, 2.05) is 6.26 Å². The molecule has 25 heavy (non-hydrogen) atoms. The number of carbonyl (C=O) groups excluding carboxylic acids is 2. The van der Waals surface area contributed by atoms with E-state index >= 15 is 0 Å². The first-order chi connectivity index (χ1) is 11.7. The molecule has 0 aliphatic heterocycles. The first kappa shape index (κ1) is 21.3. The monoisotopic (exact) mass is 381 g/mol. The van der Waals surface area contributed by atoms with Gasteiger partial charge in [0.05, 0.1) is 18.6 Å². The van der Waals surface area contributed by atoms with E-state index in [1.54, 1.807) is 6.92 Å². The summed E-state index contributed by atoms with van der Waals surface area (Å²) in [4.78, 5) is 23.9. The van der Waals surface area contributed by atoms with Crippen molar-refractivity contribution < 1.29 is 31.9 Å². The van der Waals surface area contributed by atoms with Crippen LogP contribution >= 0.6 is 11.8 Å². The molecule has 0 spiro atoms. The van der Waals surface area contributed by atoms with Crippen LogP contribution in [0.2, 0.25) is 0 Å². The zero-order valence-corrected chi connectivity index (χ0v) is 14.6. The van der Waals surface area contributed by atoms with Gasteiger partial charge in [-0.3, -0.25) is 4.79 Å². The predicted octanol–water partition coefficient (Wildman–Crippen LogP) is 3.19. The maximum absolute atomic E-state index is 13.3. The van der Waals surface area contributed by atoms with E-state index in [0.717, 1.165) is 6.07 Å². The Morgan fingerprint density at radius 3 is 2.56 bits per heavy atom. The molecule has 1 atom stereocenters. The van der Waals surface area contributed by atoms with Gasteiger partial charge < -0.3 is 10.1 Å². The minimum Gasteiger partial charge on any atom is -0.464 e. The molecular weight excluding hydrogens is 362 g/mol. The third kappa shape index (κ3) is 6.93. The molecule has 1 unspecified atom stereocenters. The van der Waals surface area contributed by atoms with Gasteiger partial charge in [0.15, 0.2) is 0 Å². The molecule has 1 rings (SSSR count). The summed E-state index contributed by atoms with van der Waals surface area (Å²) in [6.45, 7) is 1.78. The summed E-state index contributed by atoms with van der Waals surface area (Å²) in [5.74, 6) is -2.04. The molecule has 0 heterocycles. The van der Waals surface area contributed by atoms with Gasteiger partial charge in [-0.2, -0.15) is 24.9 Å². The summed E-state index contributed by atoms with van der Waals surface area (Å²) in [6.07, 6.45) is -3.08. The van der Waals surface area contributed by atoms with Gasteiger partial charge in [0.2, 0.25) is 5.91 Å². The number of esters is 1. The van der Waals surface area contributed by atoms with E-state index in [4.69, 9.17) is 4.74 Å². The molecule has 4 nitrogen and oxygen atoms in total. The number of benzene rings is 1. The van der Waals surface area contributed by atoms with Gasteiger partial charge >= 0.3 is 12.1 Å². The Hall–Kier alpha value is -1.77. The largest absolute Gasteiger partial charge is 0.464 e. The highest BCUT2D eigenvalue weighted by Crippen LogP contribution is 2.31. The highest BCUT2D eigenvalue weighted by atomic mass is 32.2. The molecule has 0 saturated carbocycles. The van der Waals surface area contributed by atoms with Gasteiger partial charge in [0, 0.05) is 0 Å². The maximum atomic E-state index is 13.3. The van der Waals surface area contributed by atoms with E-state index < -0.39 is 41.9 Å². The number of nitrogens with one attached hydrogen (secondary N) is 1. The van der Waals surface area contributed by atoms with Crippen molar-refractivity contribution in [3.8, 4) is 0 Å². The lowest BCUT2D eigenvalue weighted by atomic mass is 10.1. The molecule has 9 heteroatoms. The third-order valence-electron chi connectivity index (χ3n) is 3.22. The van der Waals surface area contributed by atoms with Crippen molar-refractivity contribution in [1.82, 2.24) is 5.32 Å². The first-order valence-electron chi connectivity index (χ1n) is 7.49. The smallest absolute Gasteiger partial charge is 0.419 e. The Bertz CT molecular complexity index is 608. The fourth-order valence-corrected chi connectivity index (χ4v) is 2.53. The highest BCUT2D eigenvalue weighted by Gasteiger charge is 2.34. The number of halogens is 4. The summed E-state index contributed by atoms with van der Waals surface area (Å²) >= 11 is 1.48. The molecule has 1 amide bonds.